The lowest BCUT2D eigenvalue weighted by Gasteiger charge is -2.21. The van der Waals surface area contributed by atoms with Gasteiger partial charge in [-0.15, -0.1) is 0 Å². The second kappa shape index (κ2) is 4.00. The lowest BCUT2D eigenvalue weighted by Crippen LogP contribution is -2.17. The largest absolute Gasteiger partial charge is 0.324 e. The molecule has 0 spiro atoms. The molecule has 1 unspecified atom stereocenters. The van der Waals surface area contributed by atoms with Crippen molar-refractivity contribution in [1.29, 1.82) is 0 Å². The predicted molar refractivity (Wildman–Crippen MR) is 68.2 cm³/mol. The van der Waals surface area contributed by atoms with Gasteiger partial charge >= 0.3 is 0 Å². The van der Waals surface area contributed by atoms with Crippen LogP contribution in [0.4, 0.5) is 0 Å². The summed E-state index contributed by atoms with van der Waals surface area (Å²) in [5.41, 5.74) is 11.3. The van der Waals surface area contributed by atoms with Crippen LogP contribution in [-0.4, -0.2) is 9.55 Å². The zero-order valence-electron chi connectivity index (χ0n) is 10.1. The Labute approximate surface area is 101 Å². The third-order valence-electron chi connectivity index (χ3n) is 3.55. The highest BCUT2D eigenvalue weighted by Gasteiger charge is 2.22. The number of aryl methyl sites for hydroxylation is 1. The van der Waals surface area contributed by atoms with E-state index in [1.165, 1.54) is 23.4 Å². The molecular weight excluding hydrogens is 210 g/mol. The fourth-order valence-electron chi connectivity index (χ4n) is 2.78. The van der Waals surface area contributed by atoms with Crippen LogP contribution in [0.3, 0.4) is 0 Å². The molecule has 0 aliphatic heterocycles. The van der Waals surface area contributed by atoms with E-state index in [2.05, 4.69) is 28.6 Å². The van der Waals surface area contributed by atoms with Gasteiger partial charge in [0.25, 0.3) is 0 Å². The monoisotopic (exact) mass is 227 g/mol. The number of hydrogen-bond acceptors (Lipinski definition) is 2. The number of nitrogens with two attached hydrogens (primary N) is 1. The molecule has 3 heteroatoms. The van der Waals surface area contributed by atoms with Gasteiger partial charge in [0, 0.05) is 23.6 Å². The molecule has 0 radical (unpaired) electrons. The van der Waals surface area contributed by atoms with E-state index in [1.807, 2.05) is 12.3 Å². The maximum Gasteiger partial charge on any atom is 0.0638 e. The minimum Gasteiger partial charge on any atom is -0.324 e. The highest BCUT2D eigenvalue weighted by Crippen LogP contribution is 2.32. The van der Waals surface area contributed by atoms with E-state index >= 15 is 0 Å². The molecule has 1 atom stereocenters. The Morgan fingerprint density at radius 1 is 1.47 bits per heavy atom. The molecule has 2 heterocycles. The number of fused-ring (bicyclic) bond motifs is 1. The summed E-state index contributed by atoms with van der Waals surface area (Å²) in [5, 5.41) is 0. The molecule has 88 valence electrons. The molecule has 3 rings (SSSR count). The predicted octanol–water partition coefficient (Wildman–Crippen LogP) is 2.52. The smallest absolute Gasteiger partial charge is 0.0638 e. The van der Waals surface area contributed by atoms with E-state index in [4.69, 9.17) is 5.73 Å². The number of pyridine rings is 1. The minimum atomic E-state index is 0.204. The van der Waals surface area contributed by atoms with Crippen LogP contribution >= 0.6 is 0 Å². The molecule has 0 saturated carbocycles. The minimum absolute atomic E-state index is 0.204. The molecule has 0 aromatic carbocycles. The van der Waals surface area contributed by atoms with Crippen molar-refractivity contribution in [3.63, 3.8) is 0 Å². The second-order valence-electron chi connectivity index (χ2n) is 4.73. The normalized spacial score (nSPS) is 19.1. The average molecular weight is 227 g/mol. The lowest BCUT2D eigenvalue weighted by molar-refractivity contribution is 0.560. The van der Waals surface area contributed by atoms with Crippen molar-refractivity contribution in [3.8, 4) is 5.69 Å². The third-order valence-corrected chi connectivity index (χ3v) is 3.55. The maximum atomic E-state index is 6.18. The Morgan fingerprint density at radius 3 is 3.12 bits per heavy atom. The molecule has 17 heavy (non-hydrogen) atoms. The zero-order chi connectivity index (χ0) is 11.8. The second-order valence-corrected chi connectivity index (χ2v) is 4.73. The fraction of sp³-hybridized carbons (Fsp3) is 0.357. The van der Waals surface area contributed by atoms with Gasteiger partial charge in [0.15, 0.2) is 0 Å². The van der Waals surface area contributed by atoms with Crippen molar-refractivity contribution < 1.29 is 0 Å². The fourth-order valence-corrected chi connectivity index (χ4v) is 2.78. The first kappa shape index (κ1) is 10.5. The Hall–Kier alpha value is -1.61. The van der Waals surface area contributed by atoms with Crippen LogP contribution in [0.5, 0.6) is 0 Å². The van der Waals surface area contributed by atoms with Gasteiger partial charge in [0.2, 0.25) is 0 Å². The maximum absolute atomic E-state index is 6.18. The number of aromatic nitrogens is 2. The first-order chi connectivity index (χ1) is 8.27. The molecular formula is C14H17N3. The van der Waals surface area contributed by atoms with Crippen molar-refractivity contribution in [3.05, 3.63) is 47.5 Å². The van der Waals surface area contributed by atoms with E-state index in [0.717, 1.165) is 18.5 Å². The van der Waals surface area contributed by atoms with Crippen molar-refractivity contribution in [2.24, 2.45) is 5.73 Å². The third kappa shape index (κ3) is 1.67. The first-order valence-electron chi connectivity index (χ1n) is 6.14. The summed E-state index contributed by atoms with van der Waals surface area (Å²) in [5.74, 6) is 0. The van der Waals surface area contributed by atoms with Gasteiger partial charge in [-0.3, -0.25) is 4.98 Å². The van der Waals surface area contributed by atoms with Gasteiger partial charge in [-0.1, -0.05) is 0 Å². The summed E-state index contributed by atoms with van der Waals surface area (Å²) in [6, 6.07) is 6.51. The van der Waals surface area contributed by atoms with Crippen LogP contribution < -0.4 is 5.73 Å². The van der Waals surface area contributed by atoms with Crippen molar-refractivity contribution in [1.82, 2.24) is 9.55 Å². The van der Waals surface area contributed by atoms with Gasteiger partial charge in [-0.05, 0) is 49.9 Å². The van der Waals surface area contributed by atoms with Crippen molar-refractivity contribution >= 4 is 0 Å². The van der Waals surface area contributed by atoms with Crippen LogP contribution in [0.2, 0.25) is 0 Å². The molecule has 2 N–H and O–H groups in total. The van der Waals surface area contributed by atoms with E-state index < -0.39 is 0 Å². The summed E-state index contributed by atoms with van der Waals surface area (Å²) >= 11 is 0. The van der Waals surface area contributed by atoms with Gasteiger partial charge in [0.05, 0.1) is 11.9 Å². The van der Waals surface area contributed by atoms with E-state index in [1.54, 1.807) is 6.20 Å². The Bertz CT molecular complexity index is 528. The van der Waals surface area contributed by atoms with Gasteiger partial charge < -0.3 is 10.3 Å². The van der Waals surface area contributed by atoms with Crippen LogP contribution in [0, 0.1) is 6.92 Å². The van der Waals surface area contributed by atoms with Gasteiger partial charge in [-0.25, -0.2) is 0 Å². The molecule has 2 aromatic rings. The van der Waals surface area contributed by atoms with Crippen LogP contribution in [0.25, 0.3) is 5.69 Å². The standard InChI is InChI=1S/C14H17N3/c1-10-8-12-13(15)5-2-6-14(12)17(10)11-4-3-7-16-9-11/h3-4,7-9,13H,2,5-6,15H2,1H3. The summed E-state index contributed by atoms with van der Waals surface area (Å²) < 4.78 is 2.29. The summed E-state index contributed by atoms with van der Waals surface area (Å²) in [6.07, 6.45) is 7.11. The molecule has 0 bridgehead atoms. The highest BCUT2D eigenvalue weighted by atomic mass is 15.0. The highest BCUT2D eigenvalue weighted by molar-refractivity contribution is 5.42. The quantitative estimate of drug-likeness (QED) is 0.813. The summed E-state index contributed by atoms with van der Waals surface area (Å²) in [7, 11) is 0. The number of hydrogen-bond donors (Lipinski definition) is 1. The summed E-state index contributed by atoms with van der Waals surface area (Å²) in [6.45, 7) is 2.14. The van der Waals surface area contributed by atoms with Crippen LogP contribution in [0.15, 0.2) is 30.6 Å². The van der Waals surface area contributed by atoms with Crippen LogP contribution in [-0.2, 0) is 6.42 Å². The zero-order valence-corrected chi connectivity index (χ0v) is 10.1. The van der Waals surface area contributed by atoms with Crippen molar-refractivity contribution in [2.45, 2.75) is 32.2 Å². The number of nitrogens with zero attached hydrogens (tertiary/aromatic N) is 2. The lowest BCUT2D eigenvalue weighted by atomic mass is 9.93. The first-order valence-corrected chi connectivity index (χ1v) is 6.14. The Morgan fingerprint density at radius 2 is 2.35 bits per heavy atom. The summed E-state index contributed by atoms with van der Waals surface area (Å²) in [4.78, 5) is 4.20. The Kier molecular flexibility index (Phi) is 2.48. The van der Waals surface area contributed by atoms with Crippen molar-refractivity contribution in [2.75, 3.05) is 0 Å². The van der Waals surface area contributed by atoms with E-state index in [9.17, 15) is 0 Å². The Balaban J connectivity index is 2.18. The molecule has 3 nitrogen and oxygen atoms in total. The number of rotatable bonds is 1. The average Bonchev–Trinajstić information content (AvgIpc) is 2.68. The molecule has 1 aliphatic carbocycles. The molecule has 2 aromatic heterocycles. The molecule has 0 saturated heterocycles. The van der Waals surface area contributed by atoms with E-state index in [-0.39, 0.29) is 6.04 Å². The van der Waals surface area contributed by atoms with E-state index in [0.29, 0.717) is 0 Å². The SMILES string of the molecule is Cc1cc2c(n1-c1cccnc1)CCCC2N. The molecule has 0 fully saturated rings. The molecule has 1 aliphatic rings. The molecule has 0 amide bonds. The van der Waals surface area contributed by atoms with Gasteiger partial charge in [-0.2, -0.15) is 0 Å². The topological polar surface area (TPSA) is 43.8 Å². The van der Waals surface area contributed by atoms with Crippen LogP contribution in [0.1, 0.15) is 35.8 Å². The van der Waals surface area contributed by atoms with Gasteiger partial charge in [0.1, 0.15) is 0 Å².